The summed E-state index contributed by atoms with van der Waals surface area (Å²) >= 11 is 7.67. The molecular formula is C40H29FS4. The summed E-state index contributed by atoms with van der Waals surface area (Å²) in [6.07, 6.45) is 2.04. The Morgan fingerprint density at radius 2 is 0.956 bits per heavy atom. The Morgan fingerprint density at radius 1 is 0.511 bits per heavy atom. The van der Waals surface area contributed by atoms with Crippen LogP contribution in [-0.2, 0) is 19.5 Å². The fourth-order valence-corrected chi connectivity index (χ4v) is 11.9. The van der Waals surface area contributed by atoms with E-state index in [4.69, 9.17) is 0 Å². The molecule has 45 heavy (non-hydrogen) atoms. The Hall–Kier alpha value is -3.61. The summed E-state index contributed by atoms with van der Waals surface area (Å²) in [7, 11) is 0. The van der Waals surface area contributed by atoms with Gasteiger partial charge in [-0.3, -0.25) is 0 Å². The zero-order valence-electron chi connectivity index (χ0n) is 25.2. The van der Waals surface area contributed by atoms with Gasteiger partial charge in [0, 0.05) is 39.0 Å². The maximum atomic E-state index is 13.0. The van der Waals surface area contributed by atoms with E-state index in [0.717, 1.165) is 24.0 Å². The molecule has 0 bridgehead atoms. The highest BCUT2D eigenvalue weighted by atomic mass is 32.1. The monoisotopic (exact) mass is 656 g/mol. The lowest BCUT2D eigenvalue weighted by molar-refractivity contribution is 0.485. The number of benzene rings is 3. The van der Waals surface area contributed by atoms with E-state index >= 15 is 0 Å². The van der Waals surface area contributed by atoms with Crippen LogP contribution in [0.3, 0.4) is 0 Å². The molecule has 0 saturated heterocycles. The second kappa shape index (κ2) is 10.5. The Morgan fingerprint density at radius 3 is 1.42 bits per heavy atom. The Kier molecular flexibility index (Phi) is 6.44. The van der Waals surface area contributed by atoms with Crippen LogP contribution in [0.25, 0.3) is 61.3 Å². The minimum Gasteiger partial charge on any atom is -0.246 e. The molecule has 0 amide bonds. The van der Waals surface area contributed by atoms with E-state index in [1.165, 1.54) is 94.7 Å². The molecule has 0 aliphatic heterocycles. The predicted molar refractivity (Wildman–Crippen MR) is 195 cm³/mol. The molecule has 0 N–H and O–H groups in total. The van der Waals surface area contributed by atoms with E-state index in [1.807, 2.05) is 69.6 Å². The number of hydrogen-bond acceptors (Lipinski definition) is 4. The van der Waals surface area contributed by atoms with E-state index in [9.17, 15) is 4.39 Å². The summed E-state index contributed by atoms with van der Waals surface area (Å²) in [5.74, 6) is 0. The molecule has 4 aromatic heterocycles. The number of halogens is 1. The lowest BCUT2D eigenvalue weighted by Gasteiger charge is -2.16. The van der Waals surface area contributed by atoms with Crippen LogP contribution in [0.2, 0.25) is 0 Å². The number of fused-ring (bicyclic) bond motifs is 6. The second-order valence-corrected chi connectivity index (χ2v) is 16.5. The number of hydrogen-bond donors (Lipinski definition) is 0. The molecule has 0 spiro atoms. The standard InChI is InChI=1S/C40H29FS4/c1-21-4-8-25(9-5-21)31-12-14-33(42-31)35-18-27-16-29-23(3)38-30(22(2)37(29)39(27)44-35)17-28-19-36(45-40(28)38)34-15-13-32(43-34)26-10-6-24(20-41)7-11-26/h4-15,18-19H,16-17,20H2,1-3H3. The first-order valence-electron chi connectivity index (χ1n) is 15.3. The van der Waals surface area contributed by atoms with Gasteiger partial charge in [0.1, 0.15) is 6.67 Å². The van der Waals surface area contributed by atoms with E-state index in [2.05, 4.69) is 81.4 Å². The van der Waals surface area contributed by atoms with Crippen molar-refractivity contribution in [2.75, 3.05) is 0 Å². The molecule has 2 aliphatic carbocycles. The Labute approximate surface area is 279 Å². The van der Waals surface area contributed by atoms with Crippen molar-refractivity contribution in [2.45, 2.75) is 40.3 Å². The van der Waals surface area contributed by atoms with Gasteiger partial charge in [-0.1, -0.05) is 54.1 Å². The van der Waals surface area contributed by atoms with E-state index in [-0.39, 0.29) is 0 Å². The average Bonchev–Trinajstić information content (AvgIpc) is 3.88. The van der Waals surface area contributed by atoms with Crippen LogP contribution in [0, 0.1) is 20.8 Å². The summed E-state index contributed by atoms with van der Waals surface area (Å²) in [4.78, 5) is 10.9. The fraction of sp³-hybridized carbons (Fsp3) is 0.150. The van der Waals surface area contributed by atoms with Crippen LogP contribution in [0.4, 0.5) is 4.39 Å². The number of rotatable bonds is 5. The van der Waals surface area contributed by atoms with Gasteiger partial charge >= 0.3 is 0 Å². The van der Waals surface area contributed by atoms with Crippen molar-refractivity contribution in [1.29, 1.82) is 0 Å². The van der Waals surface area contributed by atoms with E-state index in [0.29, 0.717) is 0 Å². The van der Waals surface area contributed by atoms with Crippen LogP contribution in [-0.4, -0.2) is 0 Å². The predicted octanol–water partition coefficient (Wildman–Crippen LogP) is 13.1. The molecule has 7 aromatic rings. The third-order valence-corrected chi connectivity index (χ3v) is 14.5. The van der Waals surface area contributed by atoms with Gasteiger partial charge in [0.05, 0.1) is 0 Å². The molecule has 4 heterocycles. The van der Waals surface area contributed by atoms with Gasteiger partial charge in [0.2, 0.25) is 0 Å². The first-order valence-corrected chi connectivity index (χ1v) is 18.6. The van der Waals surface area contributed by atoms with Gasteiger partial charge in [-0.25, -0.2) is 4.39 Å². The molecule has 5 heteroatoms. The van der Waals surface area contributed by atoms with E-state index in [1.54, 1.807) is 0 Å². The first-order chi connectivity index (χ1) is 21.9. The zero-order chi connectivity index (χ0) is 30.4. The van der Waals surface area contributed by atoms with Crippen LogP contribution >= 0.6 is 45.3 Å². The topological polar surface area (TPSA) is 0 Å². The summed E-state index contributed by atoms with van der Waals surface area (Å²) in [5.41, 5.74) is 16.4. The quantitative estimate of drug-likeness (QED) is 0.173. The molecule has 0 nitrogen and oxygen atoms in total. The van der Waals surface area contributed by atoms with Gasteiger partial charge < -0.3 is 0 Å². The molecule has 0 atom stereocenters. The summed E-state index contributed by atoms with van der Waals surface area (Å²) in [6, 6.07) is 30.6. The summed E-state index contributed by atoms with van der Waals surface area (Å²) < 4.78 is 13.0. The molecule has 2 aliphatic rings. The maximum Gasteiger partial charge on any atom is 0.115 e. The third-order valence-electron chi connectivity index (χ3n) is 9.49. The van der Waals surface area contributed by atoms with Crippen molar-refractivity contribution in [3.63, 3.8) is 0 Å². The number of alkyl halides is 1. The van der Waals surface area contributed by atoms with Crippen molar-refractivity contribution in [2.24, 2.45) is 0 Å². The number of aryl methyl sites for hydroxylation is 1. The minimum atomic E-state index is -0.416. The highest BCUT2D eigenvalue weighted by molar-refractivity contribution is 7.26. The molecule has 220 valence electrons. The lowest BCUT2D eigenvalue weighted by atomic mass is 9.90. The smallest absolute Gasteiger partial charge is 0.115 e. The van der Waals surface area contributed by atoms with Crippen LogP contribution in [0.5, 0.6) is 0 Å². The second-order valence-electron chi connectivity index (χ2n) is 12.3. The van der Waals surface area contributed by atoms with Crippen molar-refractivity contribution in [3.05, 3.63) is 129 Å². The SMILES string of the molecule is Cc1ccc(-c2ccc(-c3cc4c(s3)-c3c(C)c5c(c(C)c3C4)-c3sc(-c4ccc(-c6ccc(CF)cc6)s4)cc3C5)s2)cc1. The highest BCUT2D eigenvalue weighted by Crippen LogP contribution is 2.56. The van der Waals surface area contributed by atoms with Crippen LogP contribution < -0.4 is 0 Å². The molecule has 0 radical (unpaired) electrons. The molecular weight excluding hydrogens is 628 g/mol. The largest absolute Gasteiger partial charge is 0.246 e. The van der Waals surface area contributed by atoms with Gasteiger partial charge in [-0.2, -0.15) is 0 Å². The minimum absolute atomic E-state index is 0.416. The molecule has 9 rings (SSSR count). The van der Waals surface area contributed by atoms with Crippen LogP contribution in [0.1, 0.15) is 44.5 Å². The molecule has 0 unspecified atom stereocenters. The third kappa shape index (κ3) is 4.39. The lowest BCUT2D eigenvalue weighted by Crippen LogP contribution is -1.97. The van der Waals surface area contributed by atoms with Crippen molar-refractivity contribution < 1.29 is 4.39 Å². The van der Waals surface area contributed by atoms with Crippen molar-refractivity contribution >= 4 is 45.3 Å². The highest BCUT2D eigenvalue weighted by Gasteiger charge is 2.34. The average molecular weight is 657 g/mol. The maximum absolute atomic E-state index is 13.0. The van der Waals surface area contributed by atoms with Gasteiger partial charge in [-0.05, 0) is 131 Å². The number of thiophene rings is 4. The summed E-state index contributed by atoms with van der Waals surface area (Å²) in [6.45, 7) is 6.45. The molecule has 0 fully saturated rings. The van der Waals surface area contributed by atoms with Crippen molar-refractivity contribution in [1.82, 2.24) is 0 Å². The molecule has 3 aromatic carbocycles. The van der Waals surface area contributed by atoms with Gasteiger partial charge in [0.25, 0.3) is 0 Å². The Bertz CT molecular complexity index is 2270. The van der Waals surface area contributed by atoms with E-state index < -0.39 is 6.67 Å². The fourth-order valence-electron chi connectivity index (χ4n) is 7.08. The normalized spacial score (nSPS) is 12.8. The molecule has 0 saturated carbocycles. The van der Waals surface area contributed by atoms with Crippen molar-refractivity contribution in [3.8, 4) is 61.3 Å². The van der Waals surface area contributed by atoms with Gasteiger partial charge in [0.15, 0.2) is 0 Å². The first kappa shape index (κ1) is 27.7. The Balaban J connectivity index is 1.04. The van der Waals surface area contributed by atoms with Gasteiger partial charge in [-0.15, -0.1) is 45.3 Å². The summed E-state index contributed by atoms with van der Waals surface area (Å²) in [5, 5.41) is 0. The van der Waals surface area contributed by atoms with Crippen LogP contribution in [0.15, 0.2) is 84.9 Å². The zero-order valence-corrected chi connectivity index (χ0v) is 28.5.